The third-order valence-electron chi connectivity index (χ3n) is 2.73. The molecule has 110 valence electrons. The highest BCUT2D eigenvalue weighted by atomic mass is 16.6. The van der Waals surface area contributed by atoms with Gasteiger partial charge in [-0.3, -0.25) is 14.4 Å². The molecule has 0 saturated carbocycles. The molecule has 0 rings (SSSR count). The van der Waals surface area contributed by atoms with Crippen LogP contribution in [0.5, 0.6) is 0 Å². The summed E-state index contributed by atoms with van der Waals surface area (Å²) in [7, 11) is 0. The van der Waals surface area contributed by atoms with Crippen molar-refractivity contribution in [3.05, 3.63) is 0 Å². The van der Waals surface area contributed by atoms with Crippen LogP contribution in [0.25, 0.3) is 0 Å². The zero-order valence-electron chi connectivity index (χ0n) is 12.2. The molecular formula is C14H24O5. The number of ketones is 1. The van der Waals surface area contributed by atoms with Crippen molar-refractivity contribution in [1.82, 2.24) is 0 Å². The molecule has 0 aromatic carbocycles. The largest absolute Gasteiger partial charge is 0.465 e. The Kier molecular flexibility index (Phi) is 8.83. The summed E-state index contributed by atoms with van der Waals surface area (Å²) in [6, 6.07) is 0. The van der Waals surface area contributed by atoms with Crippen LogP contribution in [-0.2, 0) is 23.9 Å². The van der Waals surface area contributed by atoms with E-state index in [2.05, 4.69) is 0 Å². The van der Waals surface area contributed by atoms with Gasteiger partial charge in [0, 0.05) is 12.8 Å². The third-order valence-corrected chi connectivity index (χ3v) is 2.73. The Bertz CT molecular complexity index is 293. The van der Waals surface area contributed by atoms with Gasteiger partial charge in [0.15, 0.2) is 5.92 Å². The molecule has 0 radical (unpaired) electrons. The maximum absolute atomic E-state index is 11.8. The summed E-state index contributed by atoms with van der Waals surface area (Å²) in [5, 5.41) is 0. The summed E-state index contributed by atoms with van der Waals surface area (Å²) >= 11 is 0. The van der Waals surface area contributed by atoms with E-state index in [9.17, 15) is 14.4 Å². The molecule has 19 heavy (non-hydrogen) atoms. The fourth-order valence-electron chi connectivity index (χ4n) is 1.88. The molecule has 0 saturated heterocycles. The summed E-state index contributed by atoms with van der Waals surface area (Å²) in [6.07, 6.45) is 1.41. The molecule has 0 aromatic rings. The van der Waals surface area contributed by atoms with Gasteiger partial charge >= 0.3 is 11.9 Å². The molecule has 1 atom stereocenters. The highest BCUT2D eigenvalue weighted by Gasteiger charge is 2.35. The molecule has 0 aliphatic carbocycles. The van der Waals surface area contributed by atoms with Gasteiger partial charge in [-0.15, -0.1) is 0 Å². The maximum atomic E-state index is 11.8. The zero-order valence-corrected chi connectivity index (χ0v) is 12.2. The SMILES string of the molecule is CCCC(=O)CC(C)C(C(=O)OCC)C(=O)OCC. The Balaban J connectivity index is 4.76. The minimum absolute atomic E-state index is 0.0496. The predicted octanol–water partition coefficient (Wildman–Crippen LogP) is 2.12. The van der Waals surface area contributed by atoms with Gasteiger partial charge in [-0.05, 0) is 26.2 Å². The molecule has 5 nitrogen and oxygen atoms in total. The van der Waals surface area contributed by atoms with Crippen molar-refractivity contribution in [3.8, 4) is 0 Å². The Labute approximate surface area is 114 Å². The average molecular weight is 272 g/mol. The van der Waals surface area contributed by atoms with Crippen LogP contribution < -0.4 is 0 Å². The molecule has 0 N–H and O–H groups in total. The number of ether oxygens (including phenoxy) is 2. The molecular weight excluding hydrogens is 248 g/mol. The van der Waals surface area contributed by atoms with E-state index in [4.69, 9.17) is 9.47 Å². The molecule has 0 spiro atoms. The third kappa shape index (κ3) is 6.36. The number of esters is 2. The van der Waals surface area contributed by atoms with E-state index in [0.29, 0.717) is 6.42 Å². The maximum Gasteiger partial charge on any atom is 0.320 e. The van der Waals surface area contributed by atoms with Crippen LogP contribution in [-0.4, -0.2) is 30.9 Å². The summed E-state index contributed by atoms with van der Waals surface area (Å²) < 4.78 is 9.77. The lowest BCUT2D eigenvalue weighted by Gasteiger charge is -2.20. The topological polar surface area (TPSA) is 69.7 Å². The minimum Gasteiger partial charge on any atom is -0.465 e. The van der Waals surface area contributed by atoms with Crippen molar-refractivity contribution >= 4 is 17.7 Å². The van der Waals surface area contributed by atoms with Gasteiger partial charge < -0.3 is 9.47 Å². The van der Waals surface area contributed by atoms with E-state index >= 15 is 0 Å². The minimum atomic E-state index is -1.01. The number of carbonyl (C=O) groups excluding carboxylic acids is 3. The fraction of sp³-hybridized carbons (Fsp3) is 0.786. The van der Waals surface area contributed by atoms with Crippen molar-refractivity contribution in [1.29, 1.82) is 0 Å². The number of Topliss-reactive ketones (excluding diaryl/α,β-unsaturated/α-hetero) is 1. The lowest BCUT2D eigenvalue weighted by Crippen LogP contribution is -2.34. The Morgan fingerprint density at radius 3 is 1.79 bits per heavy atom. The van der Waals surface area contributed by atoms with Crippen LogP contribution in [0.3, 0.4) is 0 Å². The number of carbonyl (C=O) groups is 3. The first-order valence-electron chi connectivity index (χ1n) is 6.82. The van der Waals surface area contributed by atoms with Gasteiger partial charge in [0.2, 0.25) is 0 Å². The van der Waals surface area contributed by atoms with Crippen LogP contribution in [0.1, 0.15) is 47.0 Å². The normalized spacial score (nSPS) is 12.1. The quantitative estimate of drug-likeness (QED) is 0.475. The molecule has 0 fully saturated rings. The van der Waals surface area contributed by atoms with Crippen LogP contribution in [0, 0.1) is 11.8 Å². The molecule has 5 heteroatoms. The first kappa shape index (κ1) is 17.6. The Hall–Kier alpha value is -1.39. The second-order valence-corrected chi connectivity index (χ2v) is 4.45. The van der Waals surface area contributed by atoms with Crippen molar-refractivity contribution in [2.75, 3.05) is 13.2 Å². The first-order chi connectivity index (χ1) is 8.97. The summed E-state index contributed by atoms with van der Waals surface area (Å²) in [5.74, 6) is -2.60. The highest BCUT2D eigenvalue weighted by Crippen LogP contribution is 2.20. The number of rotatable bonds is 9. The van der Waals surface area contributed by atoms with Gasteiger partial charge in [-0.25, -0.2) is 0 Å². The summed E-state index contributed by atoms with van der Waals surface area (Å²) in [6.45, 7) is 7.36. The molecule has 0 aromatic heterocycles. The monoisotopic (exact) mass is 272 g/mol. The van der Waals surface area contributed by atoms with E-state index < -0.39 is 23.8 Å². The van der Waals surface area contributed by atoms with Crippen LogP contribution >= 0.6 is 0 Å². The lowest BCUT2D eigenvalue weighted by atomic mass is 9.88. The van der Waals surface area contributed by atoms with Crippen LogP contribution in [0.4, 0.5) is 0 Å². The van der Waals surface area contributed by atoms with Gasteiger partial charge in [0.05, 0.1) is 13.2 Å². The molecule has 1 unspecified atom stereocenters. The standard InChI is InChI=1S/C14H24O5/c1-5-8-11(15)9-10(4)12(13(16)18-6-2)14(17)19-7-3/h10,12H,5-9H2,1-4H3. The van der Waals surface area contributed by atoms with E-state index in [-0.39, 0.29) is 25.4 Å². The number of hydrogen-bond acceptors (Lipinski definition) is 5. The molecule has 0 heterocycles. The van der Waals surface area contributed by atoms with Crippen LogP contribution in [0.2, 0.25) is 0 Å². The first-order valence-corrected chi connectivity index (χ1v) is 6.82. The van der Waals surface area contributed by atoms with Crippen molar-refractivity contribution in [2.24, 2.45) is 11.8 Å². The van der Waals surface area contributed by atoms with Crippen molar-refractivity contribution in [2.45, 2.75) is 47.0 Å². The molecule has 0 aliphatic heterocycles. The second-order valence-electron chi connectivity index (χ2n) is 4.45. The van der Waals surface area contributed by atoms with Crippen LogP contribution in [0.15, 0.2) is 0 Å². The highest BCUT2D eigenvalue weighted by molar-refractivity contribution is 5.96. The predicted molar refractivity (Wildman–Crippen MR) is 70.5 cm³/mol. The molecule has 0 aliphatic rings. The number of hydrogen-bond donors (Lipinski definition) is 0. The Morgan fingerprint density at radius 1 is 0.947 bits per heavy atom. The van der Waals surface area contributed by atoms with Gasteiger partial charge in [0.25, 0.3) is 0 Å². The molecule has 0 amide bonds. The lowest BCUT2D eigenvalue weighted by molar-refractivity contribution is -0.164. The smallest absolute Gasteiger partial charge is 0.320 e. The van der Waals surface area contributed by atoms with E-state index in [1.165, 1.54) is 0 Å². The van der Waals surface area contributed by atoms with E-state index in [1.807, 2.05) is 6.92 Å². The summed E-state index contributed by atoms with van der Waals surface area (Å²) in [4.78, 5) is 35.2. The van der Waals surface area contributed by atoms with Crippen molar-refractivity contribution < 1.29 is 23.9 Å². The van der Waals surface area contributed by atoms with Gasteiger partial charge in [0.1, 0.15) is 5.78 Å². The zero-order chi connectivity index (χ0) is 14.8. The Morgan fingerprint density at radius 2 is 1.42 bits per heavy atom. The van der Waals surface area contributed by atoms with Crippen molar-refractivity contribution in [3.63, 3.8) is 0 Å². The molecule has 0 bridgehead atoms. The van der Waals surface area contributed by atoms with Gasteiger partial charge in [-0.1, -0.05) is 13.8 Å². The second kappa shape index (κ2) is 9.53. The fourth-order valence-corrected chi connectivity index (χ4v) is 1.88. The van der Waals surface area contributed by atoms with Gasteiger partial charge in [-0.2, -0.15) is 0 Å². The van der Waals surface area contributed by atoms with E-state index in [0.717, 1.165) is 6.42 Å². The average Bonchev–Trinajstić information content (AvgIpc) is 2.29. The summed E-state index contributed by atoms with van der Waals surface area (Å²) in [5.41, 5.74) is 0. The van der Waals surface area contributed by atoms with E-state index in [1.54, 1.807) is 20.8 Å².